The van der Waals surface area contributed by atoms with Crippen molar-refractivity contribution >= 4 is 17.2 Å². The van der Waals surface area contributed by atoms with Crippen molar-refractivity contribution < 1.29 is 9.26 Å². The van der Waals surface area contributed by atoms with Crippen LogP contribution in [0.25, 0.3) is 10.4 Å². The zero-order valence-electron chi connectivity index (χ0n) is 11.0. The Morgan fingerprint density at radius 1 is 1.53 bits per heavy atom. The van der Waals surface area contributed by atoms with Crippen molar-refractivity contribution in [1.29, 1.82) is 0 Å². The van der Waals surface area contributed by atoms with Gasteiger partial charge in [-0.15, -0.1) is 11.3 Å². The summed E-state index contributed by atoms with van der Waals surface area (Å²) >= 11 is 1.67. The van der Waals surface area contributed by atoms with E-state index in [1.807, 2.05) is 18.4 Å². The Labute approximate surface area is 116 Å². The van der Waals surface area contributed by atoms with E-state index in [2.05, 4.69) is 11.2 Å². The molecular weight excluding hydrogens is 260 g/mol. The number of thiophene rings is 1. The van der Waals surface area contributed by atoms with E-state index >= 15 is 0 Å². The third-order valence-corrected chi connectivity index (χ3v) is 4.51. The van der Waals surface area contributed by atoms with E-state index in [0.717, 1.165) is 42.1 Å². The summed E-state index contributed by atoms with van der Waals surface area (Å²) in [5, 5.41) is 5.96. The highest BCUT2D eigenvalue weighted by Gasteiger charge is 2.32. The lowest BCUT2D eigenvalue weighted by atomic mass is 9.79. The second-order valence-corrected chi connectivity index (χ2v) is 5.91. The summed E-state index contributed by atoms with van der Waals surface area (Å²) in [6.07, 6.45) is 3.55. The lowest BCUT2D eigenvalue weighted by Gasteiger charge is -2.34. The zero-order valence-corrected chi connectivity index (χ0v) is 11.8. The number of nitrogens with zero attached hydrogens (tertiary/aromatic N) is 1. The van der Waals surface area contributed by atoms with Crippen molar-refractivity contribution in [1.82, 2.24) is 5.16 Å². The summed E-state index contributed by atoms with van der Waals surface area (Å²) in [4.78, 5) is 1.13. The summed E-state index contributed by atoms with van der Waals surface area (Å²) in [5.41, 5.74) is 6.90. The molecule has 1 aliphatic carbocycles. The van der Waals surface area contributed by atoms with Gasteiger partial charge in [0.05, 0.1) is 11.7 Å². The minimum Gasteiger partial charge on any atom is -0.380 e. The first-order valence-corrected chi connectivity index (χ1v) is 7.55. The number of nitrogen functional groups attached to an aromatic ring is 1. The highest BCUT2D eigenvalue weighted by atomic mass is 32.1. The van der Waals surface area contributed by atoms with Gasteiger partial charge in [0, 0.05) is 17.9 Å². The van der Waals surface area contributed by atoms with Crippen LogP contribution in [0.3, 0.4) is 0 Å². The molecule has 0 spiro atoms. The Morgan fingerprint density at radius 2 is 2.37 bits per heavy atom. The molecule has 3 rings (SSSR count). The van der Waals surface area contributed by atoms with Gasteiger partial charge in [0.1, 0.15) is 5.76 Å². The number of anilines is 1. The molecule has 2 aromatic heterocycles. The Bertz CT molecular complexity index is 530. The minimum atomic E-state index is 0.431. The molecule has 19 heavy (non-hydrogen) atoms. The van der Waals surface area contributed by atoms with Crippen molar-refractivity contribution in [2.45, 2.75) is 32.3 Å². The summed E-state index contributed by atoms with van der Waals surface area (Å²) in [7, 11) is 0. The fraction of sp³-hybridized carbons (Fsp3) is 0.500. The van der Waals surface area contributed by atoms with Crippen LogP contribution in [0.2, 0.25) is 0 Å². The second kappa shape index (κ2) is 5.35. The average molecular weight is 278 g/mol. The number of ether oxygens (including phenoxy) is 1. The standard InChI is InChI=1S/C14H18N2O2S/c1-2-17-10-6-9(7-10)8-11-13(14(15)16-18-11)12-4-3-5-19-12/h3-5,9-10H,2,6-8H2,1H3,(H2,15,16). The van der Waals surface area contributed by atoms with Crippen LogP contribution >= 0.6 is 11.3 Å². The van der Waals surface area contributed by atoms with Crippen molar-refractivity contribution in [3.63, 3.8) is 0 Å². The fourth-order valence-electron chi connectivity index (χ4n) is 2.64. The molecule has 5 heteroatoms. The van der Waals surface area contributed by atoms with Crippen molar-refractivity contribution in [2.75, 3.05) is 12.3 Å². The molecule has 0 amide bonds. The van der Waals surface area contributed by atoms with E-state index in [1.54, 1.807) is 11.3 Å². The van der Waals surface area contributed by atoms with Crippen molar-refractivity contribution in [3.05, 3.63) is 23.3 Å². The van der Waals surface area contributed by atoms with Crippen molar-refractivity contribution in [2.24, 2.45) is 5.92 Å². The molecule has 2 N–H and O–H groups in total. The second-order valence-electron chi connectivity index (χ2n) is 4.96. The quantitative estimate of drug-likeness (QED) is 0.911. The van der Waals surface area contributed by atoms with Crippen LogP contribution in [0.5, 0.6) is 0 Å². The van der Waals surface area contributed by atoms with Gasteiger partial charge < -0.3 is 15.0 Å². The van der Waals surface area contributed by atoms with Gasteiger partial charge in [0.15, 0.2) is 5.82 Å². The van der Waals surface area contributed by atoms with Crippen LogP contribution in [0, 0.1) is 5.92 Å². The predicted molar refractivity (Wildman–Crippen MR) is 76.1 cm³/mol. The largest absolute Gasteiger partial charge is 0.380 e. The van der Waals surface area contributed by atoms with E-state index in [-0.39, 0.29) is 0 Å². The van der Waals surface area contributed by atoms with E-state index < -0.39 is 0 Å². The number of nitrogens with two attached hydrogens (primary N) is 1. The molecule has 1 aliphatic rings. The molecule has 0 aromatic carbocycles. The topological polar surface area (TPSA) is 61.3 Å². The van der Waals surface area contributed by atoms with Crippen LogP contribution in [-0.4, -0.2) is 17.9 Å². The lowest BCUT2D eigenvalue weighted by molar-refractivity contribution is -0.0254. The average Bonchev–Trinajstić information content (AvgIpc) is 2.96. The molecule has 0 unspecified atom stereocenters. The summed E-state index contributed by atoms with van der Waals surface area (Å²) < 4.78 is 11.0. The van der Waals surface area contributed by atoms with Gasteiger partial charge in [-0.1, -0.05) is 11.2 Å². The predicted octanol–water partition coefficient (Wildman–Crippen LogP) is 3.34. The highest BCUT2D eigenvalue weighted by molar-refractivity contribution is 7.13. The third kappa shape index (κ3) is 2.53. The maximum atomic E-state index is 5.92. The molecule has 1 fully saturated rings. The van der Waals surface area contributed by atoms with E-state index in [0.29, 0.717) is 17.8 Å². The first kappa shape index (κ1) is 12.7. The molecule has 0 aliphatic heterocycles. The molecule has 0 saturated heterocycles. The maximum absolute atomic E-state index is 5.92. The van der Waals surface area contributed by atoms with Gasteiger partial charge in [-0.3, -0.25) is 0 Å². The first-order valence-electron chi connectivity index (χ1n) is 6.67. The van der Waals surface area contributed by atoms with Crippen LogP contribution in [0.15, 0.2) is 22.0 Å². The van der Waals surface area contributed by atoms with Crippen LogP contribution in [0.1, 0.15) is 25.5 Å². The Morgan fingerprint density at radius 3 is 3.05 bits per heavy atom. The van der Waals surface area contributed by atoms with Gasteiger partial charge >= 0.3 is 0 Å². The van der Waals surface area contributed by atoms with E-state index in [1.165, 1.54) is 0 Å². The highest BCUT2D eigenvalue weighted by Crippen LogP contribution is 2.38. The summed E-state index contributed by atoms with van der Waals surface area (Å²) in [5.74, 6) is 2.04. The van der Waals surface area contributed by atoms with Gasteiger partial charge in [0.2, 0.25) is 0 Å². The summed E-state index contributed by atoms with van der Waals surface area (Å²) in [6.45, 7) is 2.84. The van der Waals surface area contributed by atoms with Gasteiger partial charge in [-0.05, 0) is 37.1 Å². The van der Waals surface area contributed by atoms with E-state index in [9.17, 15) is 0 Å². The maximum Gasteiger partial charge on any atom is 0.175 e. The number of rotatable bonds is 5. The fourth-order valence-corrected chi connectivity index (χ4v) is 3.43. The molecule has 0 bridgehead atoms. The molecule has 0 radical (unpaired) electrons. The molecule has 4 nitrogen and oxygen atoms in total. The van der Waals surface area contributed by atoms with Gasteiger partial charge in [-0.25, -0.2) is 0 Å². The molecule has 2 heterocycles. The van der Waals surface area contributed by atoms with Gasteiger partial charge in [-0.2, -0.15) is 0 Å². The van der Waals surface area contributed by atoms with Crippen LogP contribution in [0.4, 0.5) is 5.82 Å². The van der Waals surface area contributed by atoms with Gasteiger partial charge in [0.25, 0.3) is 0 Å². The monoisotopic (exact) mass is 278 g/mol. The van der Waals surface area contributed by atoms with E-state index in [4.69, 9.17) is 15.0 Å². The molecule has 2 aromatic rings. The number of hydrogen-bond acceptors (Lipinski definition) is 5. The van der Waals surface area contributed by atoms with Crippen LogP contribution in [-0.2, 0) is 11.2 Å². The SMILES string of the molecule is CCOC1CC(Cc2onc(N)c2-c2cccs2)C1. The smallest absolute Gasteiger partial charge is 0.175 e. The number of aromatic nitrogens is 1. The molecule has 1 saturated carbocycles. The first-order chi connectivity index (χ1) is 9.28. The molecule has 0 atom stereocenters. The zero-order chi connectivity index (χ0) is 13.2. The lowest BCUT2D eigenvalue weighted by Crippen LogP contribution is -2.32. The minimum absolute atomic E-state index is 0.431. The molecular formula is C14H18N2O2S. The Kier molecular flexibility index (Phi) is 3.57. The van der Waals surface area contributed by atoms with Crippen molar-refractivity contribution in [3.8, 4) is 10.4 Å². The Balaban J connectivity index is 1.70. The summed E-state index contributed by atoms with van der Waals surface area (Å²) in [6, 6.07) is 4.07. The normalized spacial score (nSPS) is 22.4. The number of hydrogen-bond donors (Lipinski definition) is 1. The molecule has 102 valence electrons. The van der Waals surface area contributed by atoms with Crippen LogP contribution < -0.4 is 5.73 Å². The third-order valence-electron chi connectivity index (χ3n) is 3.63. The Hall–Kier alpha value is -1.33.